The first-order valence-corrected chi connectivity index (χ1v) is 11.8. The number of carboxylic acid groups (broad SMARTS) is 1. The molecule has 1 aromatic heterocycles. The number of morpholine rings is 1. The van der Waals surface area contributed by atoms with Crippen LogP contribution in [0.15, 0.2) is 91.1 Å². The first kappa shape index (κ1) is 23.3. The van der Waals surface area contributed by atoms with Gasteiger partial charge in [0.2, 0.25) is 5.95 Å². The molecule has 0 aliphatic carbocycles. The van der Waals surface area contributed by atoms with E-state index in [1.807, 2.05) is 60.7 Å². The fourth-order valence-corrected chi connectivity index (χ4v) is 4.13. The quantitative estimate of drug-likeness (QED) is 0.365. The van der Waals surface area contributed by atoms with Crippen molar-refractivity contribution in [3.8, 4) is 11.3 Å². The maximum absolute atomic E-state index is 11.9. The highest BCUT2D eigenvalue weighted by molar-refractivity contribution is 5.86. The van der Waals surface area contributed by atoms with Crippen molar-refractivity contribution >= 4 is 29.1 Å². The highest BCUT2D eigenvalue weighted by Crippen LogP contribution is 2.25. The number of rotatable bonds is 7. The number of nitrogens with one attached hydrogen (secondary N) is 1. The van der Waals surface area contributed by atoms with E-state index in [1.54, 1.807) is 18.3 Å². The van der Waals surface area contributed by atoms with Crippen LogP contribution < -0.4 is 15.1 Å². The third-order valence-electron chi connectivity index (χ3n) is 6.04. The van der Waals surface area contributed by atoms with Gasteiger partial charge in [-0.05, 0) is 48.0 Å². The molecule has 4 aromatic rings. The van der Waals surface area contributed by atoms with E-state index in [-0.39, 0.29) is 6.54 Å². The van der Waals surface area contributed by atoms with Crippen molar-refractivity contribution in [2.24, 2.45) is 0 Å². The number of ether oxygens (including phenoxy) is 1. The van der Waals surface area contributed by atoms with Gasteiger partial charge in [0.25, 0.3) is 0 Å². The summed E-state index contributed by atoms with van der Waals surface area (Å²) in [5.41, 5.74) is 5.21. The lowest BCUT2D eigenvalue weighted by Gasteiger charge is -2.28. The number of anilines is 4. The molecule has 1 saturated heterocycles. The maximum atomic E-state index is 11.9. The number of benzene rings is 3. The van der Waals surface area contributed by atoms with Crippen LogP contribution in [-0.4, -0.2) is 47.5 Å². The van der Waals surface area contributed by atoms with Gasteiger partial charge in [-0.15, -0.1) is 0 Å². The summed E-state index contributed by atoms with van der Waals surface area (Å²) in [6.07, 6.45) is 0.708. The molecule has 5 rings (SSSR count). The Hall–Kier alpha value is -4.43. The summed E-state index contributed by atoms with van der Waals surface area (Å²) in [7, 11) is 0. The van der Waals surface area contributed by atoms with E-state index in [1.165, 1.54) is 10.6 Å². The van der Waals surface area contributed by atoms with Crippen LogP contribution in [0, 0.1) is 0 Å². The molecule has 8 nitrogen and oxygen atoms in total. The molecule has 1 amide bonds. The molecule has 1 aliphatic rings. The first-order valence-electron chi connectivity index (χ1n) is 11.8. The minimum absolute atomic E-state index is 0.279. The van der Waals surface area contributed by atoms with E-state index in [9.17, 15) is 9.90 Å². The fraction of sp³-hybridized carbons (Fsp3) is 0.179. The number of amides is 1. The zero-order chi connectivity index (χ0) is 24.7. The van der Waals surface area contributed by atoms with E-state index in [0.29, 0.717) is 11.6 Å². The maximum Gasteiger partial charge on any atom is 0.412 e. The van der Waals surface area contributed by atoms with Crippen LogP contribution in [0.4, 0.5) is 27.8 Å². The van der Waals surface area contributed by atoms with Crippen molar-refractivity contribution in [2.45, 2.75) is 6.54 Å². The average molecular weight is 482 g/mol. The van der Waals surface area contributed by atoms with E-state index in [2.05, 4.69) is 32.3 Å². The van der Waals surface area contributed by atoms with Crippen LogP contribution in [0.2, 0.25) is 0 Å². The van der Waals surface area contributed by atoms with E-state index in [4.69, 9.17) is 4.74 Å². The minimum atomic E-state index is -1.00. The normalized spacial score (nSPS) is 13.3. The summed E-state index contributed by atoms with van der Waals surface area (Å²) >= 11 is 0. The Balaban J connectivity index is 1.28. The molecule has 2 heterocycles. The lowest BCUT2D eigenvalue weighted by atomic mass is 10.1. The zero-order valence-electron chi connectivity index (χ0n) is 19.7. The molecule has 182 valence electrons. The SMILES string of the molecule is O=C(O)N(Cc1ccccc1)c1ccc(-c2ccnc(Nc3ccc(N4CCOCC4)cc3)n2)cc1. The zero-order valence-corrected chi connectivity index (χ0v) is 19.7. The van der Waals surface area contributed by atoms with Crippen LogP contribution in [0.1, 0.15) is 5.56 Å². The standard InChI is InChI=1S/C28H27N5O3/c34-28(35)33(20-21-4-2-1-3-5-21)25-10-6-22(7-11-25)26-14-15-29-27(31-26)30-23-8-12-24(13-9-23)32-16-18-36-19-17-32/h1-15H,16-20H2,(H,34,35)(H,29,30,31). The van der Waals surface area contributed by atoms with Crippen LogP contribution in [0.3, 0.4) is 0 Å². The van der Waals surface area contributed by atoms with Crippen molar-refractivity contribution in [1.29, 1.82) is 0 Å². The van der Waals surface area contributed by atoms with Crippen LogP contribution in [-0.2, 0) is 11.3 Å². The number of carbonyl (C=O) groups is 1. The third kappa shape index (κ3) is 5.61. The van der Waals surface area contributed by atoms with Gasteiger partial charge in [-0.1, -0.05) is 42.5 Å². The summed E-state index contributed by atoms with van der Waals surface area (Å²) in [5, 5.41) is 13.0. The molecule has 1 aliphatic heterocycles. The first-order chi connectivity index (χ1) is 17.7. The molecule has 0 spiro atoms. The van der Waals surface area contributed by atoms with Gasteiger partial charge in [0.1, 0.15) is 0 Å². The highest BCUT2D eigenvalue weighted by Gasteiger charge is 2.15. The van der Waals surface area contributed by atoms with Crippen molar-refractivity contribution < 1.29 is 14.6 Å². The summed E-state index contributed by atoms with van der Waals surface area (Å²) in [6, 6.07) is 26.9. The Bertz CT molecular complexity index is 1290. The highest BCUT2D eigenvalue weighted by atomic mass is 16.5. The monoisotopic (exact) mass is 481 g/mol. The predicted octanol–water partition coefficient (Wildman–Crippen LogP) is 5.41. The van der Waals surface area contributed by atoms with Gasteiger partial charge in [-0.3, -0.25) is 4.90 Å². The van der Waals surface area contributed by atoms with Crippen LogP contribution >= 0.6 is 0 Å². The molecular formula is C28H27N5O3. The Morgan fingerprint density at radius 2 is 1.67 bits per heavy atom. The largest absolute Gasteiger partial charge is 0.465 e. The molecule has 0 unspecified atom stereocenters. The Labute approximate surface area is 209 Å². The van der Waals surface area contributed by atoms with Crippen LogP contribution in [0.25, 0.3) is 11.3 Å². The fourth-order valence-electron chi connectivity index (χ4n) is 4.13. The van der Waals surface area contributed by atoms with Gasteiger partial charge < -0.3 is 20.1 Å². The lowest BCUT2D eigenvalue weighted by Crippen LogP contribution is -2.36. The molecule has 0 bridgehead atoms. The topological polar surface area (TPSA) is 90.8 Å². The average Bonchev–Trinajstić information content (AvgIpc) is 2.93. The molecule has 3 aromatic carbocycles. The lowest BCUT2D eigenvalue weighted by molar-refractivity contribution is 0.122. The number of hydrogen-bond acceptors (Lipinski definition) is 6. The molecule has 2 N–H and O–H groups in total. The third-order valence-corrected chi connectivity index (χ3v) is 6.04. The smallest absolute Gasteiger partial charge is 0.412 e. The Morgan fingerprint density at radius 3 is 2.36 bits per heavy atom. The summed E-state index contributed by atoms with van der Waals surface area (Å²) in [6.45, 7) is 3.58. The van der Waals surface area contributed by atoms with Crippen LogP contribution in [0.5, 0.6) is 0 Å². The van der Waals surface area contributed by atoms with E-state index >= 15 is 0 Å². The summed E-state index contributed by atoms with van der Waals surface area (Å²) < 4.78 is 5.43. The summed E-state index contributed by atoms with van der Waals surface area (Å²) in [4.78, 5) is 24.5. The van der Waals surface area contributed by atoms with Crippen molar-refractivity contribution in [1.82, 2.24) is 9.97 Å². The van der Waals surface area contributed by atoms with Crippen molar-refractivity contribution in [3.05, 3.63) is 96.7 Å². The second-order valence-corrected chi connectivity index (χ2v) is 8.44. The molecule has 8 heteroatoms. The number of aromatic nitrogens is 2. The molecule has 0 radical (unpaired) electrons. The molecule has 0 saturated carbocycles. The summed E-state index contributed by atoms with van der Waals surface area (Å²) in [5.74, 6) is 0.493. The number of hydrogen-bond donors (Lipinski definition) is 2. The van der Waals surface area contributed by atoms with Gasteiger partial charge >= 0.3 is 6.09 Å². The molecular weight excluding hydrogens is 454 g/mol. The molecule has 0 atom stereocenters. The molecule has 36 heavy (non-hydrogen) atoms. The predicted molar refractivity (Wildman–Crippen MR) is 141 cm³/mol. The van der Waals surface area contributed by atoms with Crippen molar-refractivity contribution in [2.75, 3.05) is 41.4 Å². The Morgan fingerprint density at radius 1 is 0.944 bits per heavy atom. The van der Waals surface area contributed by atoms with Gasteiger partial charge in [0.15, 0.2) is 0 Å². The van der Waals surface area contributed by atoms with Crippen molar-refractivity contribution in [3.63, 3.8) is 0 Å². The van der Waals surface area contributed by atoms with Gasteiger partial charge in [0.05, 0.1) is 25.5 Å². The second-order valence-electron chi connectivity index (χ2n) is 8.44. The Kier molecular flexibility index (Phi) is 7.05. The van der Waals surface area contributed by atoms with E-state index in [0.717, 1.165) is 48.8 Å². The minimum Gasteiger partial charge on any atom is -0.465 e. The van der Waals surface area contributed by atoms with Gasteiger partial charge in [-0.25, -0.2) is 14.8 Å². The second kappa shape index (κ2) is 10.9. The van der Waals surface area contributed by atoms with Gasteiger partial charge in [-0.2, -0.15) is 0 Å². The molecule has 1 fully saturated rings. The van der Waals surface area contributed by atoms with Gasteiger partial charge in [0, 0.05) is 41.9 Å². The van der Waals surface area contributed by atoms with E-state index < -0.39 is 6.09 Å². The number of nitrogens with zero attached hydrogens (tertiary/aromatic N) is 4.